The van der Waals surface area contributed by atoms with Gasteiger partial charge in [0.1, 0.15) is 0 Å². The van der Waals surface area contributed by atoms with Crippen LogP contribution in [0.5, 0.6) is 0 Å². The Morgan fingerprint density at radius 2 is 1.95 bits per heavy atom. The van der Waals surface area contributed by atoms with Gasteiger partial charge in [-0.25, -0.2) is 0 Å². The van der Waals surface area contributed by atoms with Crippen LogP contribution in [0.1, 0.15) is 26.7 Å². The number of hydrogen-bond donors (Lipinski definition) is 2. The first kappa shape index (κ1) is 19.6. The molecule has 0 atom stereocenters. The van der Waals surface area contributed by atoms with Crippen LogP contribution in [0.3, 0.4) is 0 Å². The number of nitrogens with two attached hydrogens (primary N) is 1. The van der Waals surface area contributed by atoms with Crippen molar-refractivity contribution in [2.75, 3.05) is 12.3 Å². The maximum atomic E-state index is 11.7. The third-order valence-corrected chi connectivity index (χ3v) is 3.97. The Labute approximate surface area is 136 Å². The number of halogens is 2. The van der Waals surface area contributed by atoms with Gasteiger partial charge < -0.3 is 11.1 Å². The van der Waals surface area contributed by atoms with Crippen LogP contribution in [0.15, 0.2) is 29.2 Å². The first-order chi connectivity index (χ1) is 8.93. The molecule has 1 aromatic carbocycles. The van der Waals surface area contributed by atoms with Crippen LogP contribution < -0.4 is 11.1 Å². The van der Waals surface area contributed by atoms with E-state index in [9.17, 15) is 4.79 Å². The van der Waals surface area contributed by atoms with Crippen molar-refractivity contribution in [3.8, 4) is 0 Å². The molecule has 0 unspecified atom stereocenters. The molecular weight excluding hydrogens is 315 g/mol. The number of nitrogens with one attached hydrogen (secondary N) is 1. The molecule has 0 spiro atoms. The fourth-order valence-corrected chi connectivity index (χ4v) is 2.42. The summed E-state index contributed by atoms with van der Waals surface area (Å²) in [6.45, 7) is 4.29. The van der Waals surface area contributed by atoms with E-state index in [-0.39, 0.29) is 23.9 Å². The second-order valence-electron chi connectivity index (χ2n) is 5.04. The van der Waals surface area contributed by atoms with Crippen LogP contribution >= 0.6 is 35.8 Å². The summed E-state index contributed by atoms with van der Waals surface area (Å²) in [5.74, 6) is 0.977. The molecule has 0 aliphatic rings. The van der Waals surface area contributed by atoms with Gasteiger partial charge in [0.25, 0.3) is 0 Å². The summed E-state index contributed by atoms with van der Waals surface area (Å²) < 4.78 is 0. The molecule has 20 heavy (non-hydrogen) atoms. The SMILES string of the molecule is CC(C)(CN)NC(=O)CCCSc1ccc(Cl)cc1.Cl. The Bertz CT molecular complexity index is 410. The highest BCUT2D eigenvalue weighted by atomic mass is 35.5. The molecule has 0 heterocycles. The van der Waals surface area contributed by atoms with E-state index >= 15 is 0 Å². The van der Waals surface area contributed by atoms with Gasteiger partial charge in [0.05, 0.1) is 0 Å². The van der Waals surface area contributed by atoms with Gasteiger partial charge >= 0.3 is 0 Å². The topological polar surface area (TPSA) is 55.1 Å². The molecule has 0 saturated heterocycles. The minimum atomic E-state index is -0.319. The zero-order valence-electron chi connectivity index (χ0n) is 11.8. The minimum Gasteiger partial charge on any atom is -0.350 e. The number of carbonyl (C=O) groups is 1. The quantitative estimate of drug-likeness (QED) is 0.592. The van der Waals surface area contributed by atoms with Gasteiger partial charge in [-0.2, -0.15) is 0 Å². The molecule has 0 saturated carbocycles. The molecule has 6 heteroatoms. The summed E-state index contributed by atoms with van der Waals surface area (Å²) in [5, 5.41) is 3.66. The normalized spacial score (nSPS) is 10.8. The molecular formula is C14H22Cl2N2OS. The predicted molar refractivity (Wildman–Crippen MR) is 89.9 cm³/mol. The van der Waals surface area contributed by atoms with Crippen molar-refractivity contribution in [2.24, 2.45) is 5.73 Å². The lowest BCUT2D eigenvalue weighted by Gasteiger charge is -2.24. The van der Waals surface area contributed by atoms with Crippen molar-refractivity contribution in [3.05, 3.63) is 29.3 Å². The summed E-state index contributed by atoms with van der Waals surface area (Å²) in [5.41, 5.74) is 5.25. The zero-order valence-corrected chi connectivity index (χ0v) is 14.2. The average molecular weight is 337 g/mol. The molecule has 0 aliphatic carbocycles. The Balaban J connectivity index is 0.00000361. The number of hydrogen-bond acceptors (Lipinski definition) is 3. The Kier molecular flexibility index (Phi) is 9.30. The molecule has 1 aromatic rings. The lowest BCUT2D eigenvalue weighted by Crippen LogP contribution is -2.48. The molecule has 1 rings (SSSR count). The van der Waals surface area contributed by atoms with E-state index in [4.69, 9.17) is 17.3 Å². The van der Waals surface area contributed by atoms with E-state index in [0.29, 0.717) is 13.0 Å². The summed E-state index contributed by atoms with van der Waals surface area (Å²) in [4.78, 5) is 12.9. The first-order valence-electron chi connectivity index (χ1n) is 6.32. The third kappa shape index (κ3) is 8.00. The highest BCUT2D eigenvalue weighted by molar-refractivity contribution is 7.99. The highest BCUT2D eigenvalue weighted by Gasteiger charge is 2.17. The van der Waals surface area contributed by atoms with Gasteiger partial charge in [-0.05, 0) is 50.3 Å². The number of carbonyl (C=O) groups excluding carboxylic acids is 1. The number of amides is 1. The molecule has 1 amide bonds. The van der Waals surface area contributed by atoms with Crippen LogP contribution in [0.4, 0.5) is 0 Å². The zero-order chi connectivity index (χ0) is 14.3. The summed E-state index contributed by atoms with van der Waals surface area (Å²) in [7, 11) is 0. The molecule has 0 bridgehead atoms. The van der Waals surface area contributed by atoms with Crippen molar-refractivity contribution < 1.29 is 4.79 Å². The summed E-state index contributed by atoms with van der Waals surface area (Å²) in [6.07, 6.45) is 1.38. The van der Waals surface area contributed by atoms with Crippen molar-refractivity contribution in [1.82, 2.24) is 5.32 Å². The van der Waals surface area contributed by atoms with E-state index in [2.05, 4.69) is 5.32 Å². The van der Waals surface area contributed by atoms with Crippen molar-refractivity contribution >= 4 is 41.7 Å². The summed E-state index contributed by atoms with van der Waals surface area (Å²) >= 11 is 7.55. The van der Waals surface area contributed by atoms with E-state index in [1.165, 1.54) is 4.90 Å². The molecule has 3 N–H and O–H groups in total. The molecule has 3 nitrogen and oxygen atoms in total. The molecule has 0 aromatic heterocycles. The minimum absolute atomic E-state index is 0. The summed E-state index contributed by atoms with van der Waals surface area (Å²) in [6, 6.07) is 7.73. The fourth-order valence-electron chi connectivity index (χ4n) is 1.44. The average Bonchev–Trinajstić information content (AvgIpc) is 2.36. The van der Waals surface area contributed by atoms with Crippen LogP contribution in [0.25, 0.3) is 0 Å². The highest BCUT2D eigenvalue weighted by Crippen LogP contribution is 2.21. The molecule has 0 fully saturated rings. The lowest BCUT2D eigenvalue weighted by molar-refractivity contribution is -0.122. The van der Waals surface area contributed by atoms with Crippen molar-refractivity contribution in [1.29, 1.82) is 0 Å². The molecule has 0 aliphatic heterocycles. The van der Waals surface area contributed by atoms with Crippen molar-refractivity contribution in [3.63, 3.8) is 0 Å². The standard InChI is InChI=1S/C14H21ClN2OS.ClH/c1-14(2,10-16)17-13(18)4-3-9-19-12-7-5-11(15)6-8-12;/h5-8H,3-4,9-10,16H2,1-2H3,(H,17,18);1H. The maximum Gasteiger partial charge on any atom is 0.220 e. The lowest BCUT2D eigenvalue weighted by atomic mass is 10.1. The largest absolute Gasteiger partial charge is 0.350 e. The number of thioether (sulfide) groups is 1. The number of rotatable bonds is 7. The van der Waals surface area contributed by atoms with Crippen LogP contribution in [-0.4, -0.2) is 23.7 Å². The van der Waals surface area contributed by atoms with Crippen LogP contribution in [-0.2, 0) is 4.79 Å². The first-order valence-corrected chi connectivity index (χ1v) is 7.69. The molecule has 114 valence electrons. The van der Waals surface area contributed by atoms with Crippen LogP contribution in [0, 0.1) is 0 Å². The Morgan fingerprint density at radius 3 is 2.50 bits per heavy atom. The van der Waals surface area contributed by atoms with Gasteiger partial charge in [0.15, 0.2) is 0 Å². The Hall–Kier alpha value is -0.420. The Morgan fingerprint density at radius 1 is 1.35 bits per heavy atom. The van der Waals surface area contributed by atoms with Gasteiger partial charge in [0.2, 0.25) is 5.91 Å². The fraction of sp³-hybridized carbons (Fsp3) is 0.500. The van der Waals surface area contributed by atoms with Gasteiger partial charge in [-0.3, -0.25) is 4.79 Å². The monoisotopic (exact) mass is 336 g/mol. The number of benzene rings is 1. The molecule has 0 radical (unpaired) electrons. The van der Waals surface area contributed by atoms with Gasteiger partial charge in [0, 0.05) is 28.4 Å². The second kappa shape index (κ2) is 9.50. The predicted octanol–water partition coefficient (Wildman–Crippen LogP) is 3.49. The maximum absolute atomic E-state index is 11.7. The van der Waals surface area contributed by atoms with Gasteiger partial charge in [-0.15, -0.1) is 24.2 Å². The van der Waals surface area contributed by atoms with Crippen molar-refractivity contribution in [2.45, 2.75) is 37.1 Å². The van der Waals surface area contributed by atoms with Gasteiger partial charge in [-0.1, -0.05) is 11.6 Å². The van der Waals surface area contributed by atoms with E-state index in [1.807, 2.05) is 38.1 Å². The smallest absolute Gasteiger partial charge is 0.220 e. The van der Waals surface area contributed by atoms with E-state index in [1.54, 1.807) is 11.8 Å². The third-order valence-electron chi connectivity index (χ3n) is 2.62. The van der Waals surface area contributed by atoms with E-state index in [0.717, 1.165) is 17.2 Å². The van der Waals surface area contributed by atoms with Crippen LogP contribution in [0.2, 0.25) is 5.02 Å². The second-order valence-corrected chi connectivity index (χ2v) is 6.65. The van der Waals surface area contributed by atoms with E-state index < -0.39 is 0 Å².